The first kappa shape index (κ1) is 11.2. The van der Waals surface area contributed by atoms with Gasteiger partial charge in [-0.2, -0.15) is 5.10 Å². The molecular formula is C13H17N5. The van der Waals surface area contributed by atoms with Crippen LogP contribution in [0.1, 0.15) is 31.2 Å². The van der Waals surface area contributed by atoms with Crippen molar-refractivity contribution in [3.8, 4) is 0 Å². The third-order valence-electron chi connectivity index (χ3n) is 3.45. The van der Waals surface area contributed by atoms with Crippen molar-refractivity contribution >= 4 is 11.4 Å². The summed E-state index contributed by atoms with van der Waals surface area (Å²) in [5, 5.41) is 4.30. The van der Waals surface area contributed by atoms with Crippen LogP contribution in [0.15, 0.2) is 35.6 Å². The predicted molar refractivity (Wildman–Crippen MR) is 71.3 cm³/mol. The molecule has 5 heteroatoms. The molecule has 0 unspecified atom stereocenters. The minimum atomic E-state index is 0.398. The number of nitrogens with two attached hydrogens (primary N) is 1. The molecule has 1 saturated carbocycles. The summed E-state index contributed by atoms with van der Waals surface area (Å²) in [5.74, 6) is 6.35. The largest absolute Gasteiger partial charge is 0.308 e. The third-order valence-corrected chi connectivity index (χ3v) is 3.45. The molecular weight excluding hydrogens is 226 g/mol. The highest BCUT2D eigenvalue weighted by molar-refractivity contribution is 6.04. The van der Waals surface area contributed by atoms with Gasteiger partial charge in [-0.05, 0) is 25.0 Å². The molecule has 94 valence electrons. The standard InChI is InChI=1S/C13H17N5/c14-17-13(16-10-5-1-2-6-10)11-9-15-18-8-4-3-7-12(11)18/h3-4,7-10H,1-2,5-6,14H2,(H,16,17). The lowest BCUT2D eigenvalue weighted by atomic mass is 10.2. The van der Waals surface area contributed by atoms with E-state index in [9.17, 15) is 0 Å². The monoisotopic (exact) mass is 243 g/mol. The van der Waals surface area contributed by atoms with Crippen LogP contribution in [0.3, 0.4) is 0 Å². The smallest absolute Gasteiger partial charge is 0.146 e. The summed E-state index contributed by atoms with van der Waals surface area (Å²) < 4.78 is 1.83. The van der Waals surface area contributed by atoms with Gasteiger partial charge in [0.25, 0.3) is 0 Å². The Hall–Kier alpha value is -1.88. The number of hydrazine groups is 1. The van der Waals surface area contributed by atoms with Crippen molar-refractivity contribution in [3.63, 3.8) is 0 Å². The fraction of sp³-hybridized carbons (Fsp3) is 0.385. The molecule has 0 atom stereocenters. The highest BCUT2D eigenvalue weighted by Crippen LogP contribution is 2.22. The number of hydrogen-bond donors (Lipinski definition) is 2. The summed E-state index contributed by atoms with van der Waals surface area (Å²) in [7, 11) is 0. The molecule has 0 saturated heterocycles. The number of fused-ring (bicyclic) bond motifs is 1. The van der Waals surface area contributed by atoms with Gasteiger partial charge >= 0.3 is 0 Å². The van der Waals surface area contributed by atoms with Crippen LogP contribution in [0.4, 0.5) is 0 Å². The number of nitrogens with one attached hydrogen (secondary N) is 1. The molecule has 0 spiro atoms. The minimum absolute atomic E-state index is 0.398. The Morgan fingerprint density at radius 3 is 3.00 bits per heavy atom. The summed E-state index contributed by atoms with van der Waals surface area (Å²) in [6.07, 6.45) is 8.57. The third kappa shape index (κ3) is 1.97. The Labute approximate surface area is 106 Å². The van der Waals surface area contributed by atoms with Gasteiger partial charge in [-0.25, -0.2) is 10.4 Å². The van der Waals surface area contributed by atoms with Crippen LogP contribution in [0.2, 0.25) is 0 Å². The molecule has 2 heterocycles. The molecule has 3 N–H and O–H groups in total. The molecule has 18 heavy (non-hydrogen) atoms. The van der Waals surface area contributed by atoms with Gasteiger partial charge in [0.1, 0.15) is 5.84 Å². The number of aliphatic imine (C=N–C) groups is 1. The maximum atomic E-state index is 5.62. The number of nitrogens with zero attached hydrogens (tertiary/aromatic N) is 3. The average Bonchev–Trinajstić information content (AvgIpc) is 3.05. The second kappa shape index (κ2) is 4.78. The van der Waals surface area contributed by atoms with Crippen LogP contribution in [-0.4, -0.2) is 21.5 Å². The average molecular weight is 243 g/mol. The van der Waals surface area contributed by atoms with Crippen molar-refractivity contribution in [2.24, 2.45) is 10.8 Å². The van der Waals surface area contributed by atoms with Gasteiger partial charge in [0, 0.05) is 6.20 Å². The summed E-state index contributed by atoms with van der Waals surface area (Å²) in [6.45, 7) is 0. The van der Waals surface area contributed by atoms with Gasteiger partial charge in [-0.3, -0.25) is 4.99 Å². The number of amidine groups is 1. The van der Waals surface area contributed by atoms with E-state index in [2.05, 4.69) is 10.5 Å². The Kier molecular flexibility index (Phi) is 2.98. The van der Waals surface area contributed by atoms with Crippen molar-refractivity contribution in [3.05, 3.63) is 36.2 Å². The zero-order chi connectivity index (χ0) is 12.4. The summed E-state index contributed by atoms with van der Waals surface area (Å²) >= 11 is 0. The second-order valence-electron chi connectivity index (χ2n) is 4.65. The Morgan fingerprint density at radius 2 is 2.22 bits per heavy atom. The van der Waals surface area contributed by atoms with Crippen molar-refractivity contribution < 1.29 is 0 Å². The molecule has 5 nitrogen and oxygen atoms in total. The van der Waals surface area contributed by atoms with Crippen LogP contribution < -0.4 is 11.3 Å². The fourth-order valence-electron chi connectivity index (χ4n) is 2.52. The molecule has 1 aliphatic carbocycles. The number of hydrogen-bond acceptors (Lipinski definition) is 3. The van der Waals surface area contributed by atoms with Crippen molar-refractivity contribution in [2.45, 2.75) is 31.7 Å². The van der Waals surface area contributed by atoms with Crippen LogP contribution in [-0.2, 0) is 0 Å². The van der Waals surface area contributed by atoms with E-state index in [-0.39, 0.29) is 0 Å². The first-order valence-corrected chi connectivity index (χ1v) is 6.35. The van der Waals surface area contributed by atoms with Crippen LogP contribution >= 0.6 is 0 Å². The lowest BCUT2D eigenvalue weighted by Gasteiger charge is -2.08. The lowest BCUT2D eigenvalue weighted by molar-refractivity contribution is 0.701. The van der Waals surface area contributed by atoms with Crippen LogP contribution in [0.5, 0.6) is 0 Å². The van der Waals surface area contributed by atoms with E-state index >= 15 is 0 Å². The van der Waals surface area contributed by atoms with E-state index in [0.29, 0.717) is 6.04 Å². The normalized spacial score (nSPS) is 17.5. The highest BCUT2D eigenvalue weighted by Gasteiger charge is 2.16. The first-order valence-electron chi connectivity index (χ1n) is 6.35. The van der Waals surface area contributed by atoms with Crippen molar-refractivity contribution in [2.75, 3.05) is 0 Å². The fourth-order valence-corrected chi connectivity index (χ4v) is 2.52. The van der Waals surface area contributed by atoms with E-state index < -0.39 is 0 Å². The quantitative estimate of drug-likeness (QED) is 0.363. The zero-order valence-corrected chi connectivity index (χ0v) is 10.2. The molecule has 0 radical (unpaired) electrons. The summed E-state index contributed by atoms with van der Waals surface area (Å²) in [4.78, 5) is 4.71. The SMILES string of the molecule is NNC(=NC1CCCC1)c1cnn2ccccc12. The van der Waals surface area contributed by atoms with E-state index in [1.165, 1.54) is 12.8 Å². The predicted octanol–water partition coefficient (Wildman–Crippen LogP) is 1.49. The van der Waals surface area contributed by atoms with E-state index in [1.54, 1.807) is 0 Å². The number of pyridine rings is 1. The topological polar surface area (TPSA) is 67.7 Å². The van der Waals surface area contributed by atoms with Gasteiger partial charge in [-0.15, -0.1) is 0 Å². The number of aromatic nitrogens is 2. The van der Waals surface area contributed by atoms with Gasteiger partial charge in [0.05, 0.1) is 23.3 Å². The summed E-state index contributed by atoms with van der Waals surface area (Å²) in [6, 6.07) is 6.36. The van der Waals surface area contributed by atoms with Gasteiger partial charge in [0.2, 0.25) is 0 Å². The van der Waals surface area contributed by atoms with E-state index in [0.717, 1.165) is 29.8 Å². The molecule has 2 aromatic rings. The van der Waals surface area contributed by atoms with E-state index in [1.807, 2.05) is 35.1 Å². The highest BCUT2D eigenvalue weighted by atomic mass is 15.3. The molecule has 0 amide bonds. The minimum Gasteiger partial charge on any atom is -0.308 e. The molecule has 0 aliphatic heterocycles. The van der Waals surface area contributed by atoms with Gasteiger partial charge in [0.15, 0.2) is 0 Å². The molecule has 0 aromatic carbocycles. The van der Waals surface area contributed by atoms with Crippen molar-refractivity contribution in [1.29, 1.82) is 0 Å². The van der Waals surface area contributed by atoms with Gasteiger partial charge in [-0.1, -0.05) is 18.9 Å². The molecule has 2 aromatic heterocycles. The molecule has 1 aliphatic rings. The summed E-state index contributed by atoms with van der Waals surface area (Å²) in [5.41, 5.74) is 4.70. The lowest BCUT2D eigenvalue weighted by Crippen LogP contribution is -2.32. The maximum absolute atomic E-state index is 5.62. The zero-order valence-electron chi connectivity index (χ0n) is 10.2. The second-order valence-corrected chi connectivity index (χ2v) is 4.65. The van der Waals surface area contributed by atoms with Crippen molar-refractivity contribution in [1.82, 2.24) is 15.0 Å². The van der Waals surface area contributed by atoms with Crippen LogP contribution in [0.25, 0.3) is 5.52 Å². The first-order chi connectivity index (χ1) is 8.88. The van der Waals surface area contributed by atoms with Gasteiger partial charge < -0.3 is 5.43 Å². The Morgan fingerprint density at radius 1 is 1.39 bits per heavy atom. The van der Waals surface area contributed by atoms with Crippen LogP contribution in [0, 0.1) is 0 Å². The molecule has 1 fully saturated rings. The maximum Gasteiger partial charge on any atom is 0.146 e. The number of rotatable bonds is 2. The molecule has 0 bridgehead atoms. The molecule has 3 rings (SSSR count). The van der Waals surface area contributed by atoms with E-state index in [4.69, 9.17) is 10.8 Å². The Balaban J connectivity index is 2.00. The Bertz CT molecular complexity index is 566.